The van der Waals surface area contributed by atoms with E-state index in [9.17, 15) is 22.8 Å². The molecule has 0 bridgehead atoms. The minimum absolute atomic E-state index is 0.00476. The summed E-state index contributed by atoms with van der Waals surface area (Å²) in [6.45, 7) is 1.72. The van der Waals surface area contributed by atoms with Gasteiger partial charge in [-0.25, -0.2) is 13.2 Å². The minimum atomic E-state index is -1.69. The number of nitrogens with zero attached hydrogens (tertiary/aromatic N) is 4. The number of carbonyl (C=O) groups is 2. The zero-order valence-electron chi connectivity index (χ0n) is 17.1. The Balaban J connectivity index is 1.58. The standard InChI is InChI=1S/C21H20F3N5O3/c1-2-11-29(12-16(30)26-15-4-3-14(22)19(23)20(15)24)18(31)6-5-17-27-21(28-32-17)13-7-9-25-10-8-13/h3-4,7-10H,2,5-6,11-12H2,1H3,(H,26,30). The summed E-state index contributed by atoms with van der Waals surface area (Å²) in [5, 5.41) is 6.02. The third kappa shape index (κ3) is 5.68. The van der Waals surface area contributed by atoms with Crippen LogP contribution in [0.25, 0.3) is 11.4 Å². The van der Waals surface area contributed by atoms with Crippen LogP contribution in [0, 0.1) is 17.5 Å². The Hall–Kier alpha value is -3.76. The number of benzene rings is 1. The monoisotopic (exact) mass is 447 g/mol. The highest BCUT2D eigenvalue weighted by molar-refractivity contribution is 5.94. The highest BCUT2D eigenvalue weighted by Crippen LogP contribution is 2.20. The van der Waals surface area contributed by atoms with Crippen LogP contribution in [0.4, 0.5) is 18.9 Å². The average Bonchev–Trinajstić information content (AvgIpc) is 3.27. The van der Waals surface area contributed by atoms with Crippen molar-refractivity contribution in [2.75, 3.05) is 18.4 Å². The fraction of sp³-hybridized carbons (Fsp3) is 0.286. The Morgan fingerprint density at radius 1 is 1.09 bits per heavy atom. The van der Waals surface area contributed by atoms with Gasteiger partial charge in [0, 0.05) is 37.3 Å². The van der Waals surface area contributed by atoms with Crippen molar-refractivity contribution in [3.8, 4) is 11.4 Å². The molecular weight excluding hydrogens is 427 g/mol. The van der Waals surface area contributed by atoms with E-state index < -0.39 is 29.0 Å². The van der Waals surface area contributed by atoms with Gasteiger partial charge in [-0.15, -0.1) is 0 Å². The second-order valence-electron chi connectivity index (χ2n) is 6.83. The molecular formula is C21H20F3N5O3. The summed E-state index contributed by atoms with van der Waals surface area (Å²) >= 11 is 0. The van der Waals surface area contributed by atoms with E-state index in [4.69, 9.17) is 4.52 Å². The molecule has 1 N–H and O–H groups in total. The predicted octanol–water partition coefficient (Wildman–Crippen LogP) is 3.36. The second-order valence-corrected chi connectivity index (χ2v) is 6.83. The Bertz CT molecular complexity index is 1090. The quantitative estimate of drug-likeness (QED) is 0.505. The van der Waals surface area contributed by atoms with Crippen LogP contribution < -0.4 is 5.32 Å². The van der Waals surface area contributed by atoms with Gasteiger partial charge in [0.2, 0.25) is 23.5 Å². The van der Waals surface area contributed by atoms with Crippen LogP contribution in [-0.4, -0.2) is 44.9 Å². The van der Waals surface area contributed by atoms with Crippen LogP contribution in [0.5, 0.6) is 0 Å². The number of halogens is 3. The van der Waals surface area contributed by atoms with Crippen LogP contribution in [0.3, 0.4) is 0 Å². The number of aryl methyl sites for hydroxylation is 1. The van der Waals surface area contributed by atoms with Crippen molar-refractivity contribution < 1.29 is 27.3 Å². The van der Waals surface area contributed by atoms with Crippen molar-refractivity contribution in [2.45, 2.75) is 26.2 Å². The lowest BCUT2D eigenvalue weighted by Gasteiger charge is -2.21. The fourth-order valence-corrected chi connectivity index (χ4v) is 2.89. The first-order valence-corrected chi connectivity index (χ1v) is 9.83. The van der Waals surface area contributed by atoms with Gasteiger partial charge in [0.25, 0.3) is 0 Å². The average molecular weight is 447 g/mol. The molecule has 3 rings (SSSR count). The van der Waals surface area contributed by atoms with E-state index in [0.29, 0.717) is 18.3 Å². The number of hydrogen-bond acceptors (Lipinski definition) is 6. The van der Waals surface area contributed by atoms with Crippen molar-refractivity contribution in [2.24, 2.45) is 0 Å². The van der Waals surface area contributed by atoms with Crippen LogP contribution in [0.15, 0.2) is 41.2 Å². The SMILES string of the molecule is CCCN(CC(=O)Nc1ccc(F)c(F)c1F)C(=O)CCc1nc(-c2ccncc2)no1. The summed E-state index contributed by atoms with van der Waals surface area (Å²) in [6, 6.07) is 5.05. The maximum atomic E-state index is 13.8. The molecule has 0 fully saturated rings. The van der Waals surface area contributed by atoms with Crippen LogP contribution in [-0.2, 0) is 16.0 Å². The first-order valence-electron chi connectivity index (χ1n) is 9.83. The van der Waals surface area contributed by atoms with E-state index in [0.717, 1.165) is 11.6 Å². The van der Waals surface area contributed by atoms with Gasteiger partial charge >= 0.3 is 0 Å². The summed E-state index contributed by atoms with van der Waals surface area (Å²) in [6.07, 6.45) is 3.93. The second kappa shape index (κ2) is 10.5. The van der Waals surface area contributed by atoms with Gasteiger partial charge in [-0.1, -0.05) is 12.1 Å². The molecule has 0 radical (unpaired) electrons. The number of aromatic nitrogens is 3. The summed E-state index contributed by atoms with van der Waals surface area (Å²) in [4.78, 5) is 34.3. The maximum absolute atomic E-state index is 13.8. The lowest BCUT2D eigenvalue weighted by molar-refractivity contribution is -0.134. The molecule has 0 saturated heterocycles. The van der Waals surface area contributed by atoms with Crippen LogP contribution in [0.2, 0.25) is 0 Å². The smallest absolute Gasteiger partial charge is 0.244 e. The van der Waals surface area contributed by atoms with E-state index in [2.05, 4.69) is 20.4 Å². The lowest BCUT2D eigenvalue weighted by Crippen LogP contribution is -2.38. The van der Waals surface area contributed by atoms with Gasteiger partial charge in [-0.2, -0.15) is 4.98 Å². The van der Waals surface area contributed by atoms with Gasteiger partial charge in [0.15, 0.2) is 17.5 Å². The van der Waals surface area contributed by atoms with E-state index in [1.54, 1.807) is 24.5 Å². The van der Waals surface area contributed by atoms with E-state index in [1.165, 1.54) is 4.90 Å². The molecule has 0 aliphatic carbocycles. The topological polar surface area (TPSA) is 101 Å². The Kier molecular flexibility index (Phi) is 7.53. The summed E-state index contributed by atoms with van der Waals surface area (Å²) in [5.41, 5.74) is 0.211. The first-order chi connectivity index (χ1) is 15.4. The molecule has 2 heterocycles. The van der Waals surface area contributed by atoms with Gasteiger partial charge in [0.1, 0.15) is 0 Å². The number of carbonyl (C=O) groups excluding carboxylic acids is 2. The lowest BCUT2D eigenvalue weighted by atomic mass is 10.2. The Labute approximate surface area is 181 Å². The molecule has 0 atom stereocenters. The van der Waals surface area contributed by atoms with Crippen molar-refractivity contribution in [3.63, 3.8) is 0 Å². The number of rotatable bonds is 9. The molecule has 3 aromatic rings. The molecule has 0 spiro atoms. The largest absolute Gasteiger partial charge is 0.339 e. The Morgan fingerprint density at radius 2 is 1.84 bits per heavy atom. The summed E-state index contributed by atoms with van der Waals surface area (Å²) < 4.78 is 45.3. The first kappa shape index (κ1) is 22.9. The highest BCUT2D eigenvalue weighted by Gasteiger charge is 2.20. The van der Waals surface area contributed by atoms with Gasteiger partial charge in [-0.05, 0) is 30.7 Å². The zero-order valence-corrected chi connectivity index (χ0v) is 17.1. The number of pyridine rings is 1. The van der Waals surface area contributed by atoms with Gasteiger partial charge in [-0.3, -0.25) is 14.6 Å². The number of hydrogen-bond donors (Lipinski definition) is 1. The molecule has 11 heteroatoms. The third-order valence-corrected chi connectivity index (χ3v) is 4.45. The third-order valence-electron chi connectivity index (χ3n) is 4.45. The molecule has 8 nitrogen and oxygen atoms in total. The Morgan fingerprint density at radius 3 is 2.56 bits per heavy atom. The van der Waals surface area contributed by atoms with E-state index in [1.807, 2.05) is 6.92 Å². The maximum Gasteiger partial charge on any atom is 0.244 e. The molecule has 168 valence electrons. The van der Waals surface area contributed by atoms with Gasteiger partial charge in [0.05, 0.1) is 12.2 Å². The molecule has 0 aliphatic heterocycles. The summed E-state index contributed by atoms with van der Waals surface area (Å²) in [5.74, 6) is -5.02. The molecule has 0 aliphatic rings. The summed E-state index contributed by atoms with van der Waals surface area (Å²) in [7, 11) is 0. The number of nitrogens with one attached hydrogen (secondary N) is 1. The van der Waals surface area contributed by atoms with E-state index >= 15 is 0 Å². The molecule has 0 saturated carbocycles. The van der Waals surface area contributed by atoms with Crippen molar-refractivity contribution in [1.29, 1.82) is 0 Å². The molecule has 2 amide bonds. The van der Waals surface area contributed by atoms with E-state index in [-0.39, 0.29) is 37.7 Å². The van der Waals surface area contributed by atoms with Crippen molar-refractivity contribution in [3.05, 3.63) is 60.0 Å². The predicted molar refractivity (Wildman–Crippen MR) is 108 cm³/mol. The zero-order chi connectivity index (χ0) is 23.1. The fourth-order valence-electron chi connectivity index (χ4n) is 2.89. The normalized spacial score (nSPS) is 10.8. The van der Waals surface area contributed by atoms with Crippen LogP contribution >= 0.6 is 0 Å². The van der Waals surface area contributed by atoms with Crippen LogP contribution in [0.1, 0.15) is 25.7 Å². The van der Waals surface area contributed by atoms with Crippen molar-refractivity contribution >= 4 is 17.5 Å². The van der Waals surface area contributed by atoms with Crippen molar-refractivity contribution in [1.82, 2.24) is 20.0 Å². The molecule has 1 aromatic carbocycles. The number of anilines is 1. The highest BCUT2D eigenvalue weighted by atomic mass is 19.2. The number of amides is 2. The molecule has 32 heavy (non-hydrogen) atoms. The molecule has 0 unspecified atom stereocenters. The van der Waals surface area contributed by atoms with Gasteiger partial charge < -0.3 is 14.7 Å². The minimum Gasteiger partial charge on any atom is -0.339 e. The molecule has 2 aromatic heterocycles.